The van der Waals surface area contributed by atoms with Crippen LogP contribution in [0.15, 0.2) is 43.0 Å². The van der Waals surface area contributed by atoms with E-state index in [1.54, 1.807) is 13.0 Å². The summed E-state index contributed by atoms with van der Waals surface area (Å²) in [6.07, 6.45) is 1.60. The number of rotatable bonds is 6. The van der Waals surface area contributed by atoms with Gasteiger partial charge in [0.05, 0.1) is 11.5 Å². The third-order valence-corrected chi connectivity index (χ3v) is 4.00. The topological polar surface area (TPSA) is 46.6 Å². The molecule has 1 heterocycles. The number of hydrogen-bond donors (Lipinski definition) is 0. The SMILES string of the molecule is C=CCN(CC(=O)OCC)C(=O)c1cc2ccccc2s1. The van der Waals surface area contributed by atoms with Crippen molar-refractivity contribution in [2.75, 3.05) is 19.7 Å². The second kappa shape index (κ2) is 7.04. The second-order valence-corrected chi connectivity index (χ2v) is 5.51. The molecule has 0 aliphatic carbocycles. The Morgan fingerprint density at radius 1 is 1.38 bits per heavy atom. The Morgan fingerprint density at radius 2 is 2.14 bits per heavy atom. The van der Waals surface area contributed by atoms with Crippen LogP contribution in [-0.4, -0.2) is 36.5 Å². The van der Waals surface area contributed by atoms with Crippen LogP contribution in [0.5, 0.6) is 0 Å². The molecule has 5 heteroatoms. The summed E-state index contributed by atoms with van der Waals surface area (Å²) in [7, 11) is 0. The zero-order chi connectivity index (χ0) is 15.2. The van der Waals surface area contributed by atoms with E-state index in [2.05, 4.69) is 6.58 Å². The minimum Gasteiger partial charge on any atom is -0.465 e. The van der Waals surface area contributed by atoms with Gasteiger partial charge in [0.1, 0.15) is 6.54 Å². The lowest BCUT2D eigenvalue weighted by Crippen LogP contribution is -2.36. The van der Waals surface area contributed by atoms with Gasteiger partial charge in [0.25, 0.3) is 5.91 Å². The highest BCUT2D eigenvalue weighted by atomic mass is 32.1. The quantitative estimate of drug-likeness (QED) is 0.608. The lowest BCUT2D eigenvalue weighted by molar-refractivity contribution is -0.143. The van der Waals surface area contributed by atoms with Gasteiger partial charge in [0, 0.05) is 11.2 Å². The number of fused-ring (bicyclic) bond motifs is 1. The zero-order valence-electron chi connectivity index (χ0n) is 11.9. The van der Waals surface area contributed by atoms with Crippen molar-refractivity contribution in [3.05, 3.63) is 47.9 Å². The maximum Gasteiger partial charge on any atom is 0.325 e. The molecule has 0 spiro atoms. The first-order chi connectivity index (χ1) is 10.2. The van der Waals surface area contributed by atoms with Crippen molar-refractivity contribution in [1.29, 1.82) is 0 Å². The molecule has 4 nitrogen and oxygen atoms in total. The summed E-state index contributed by atoms with van der Waals surface area (Å²) in [5.41, 5.74) is 0. The van der Waals surface area contributed by atoms with Crippen LogP contribution in [-0.2, 0) is 9.53 Å². The van der Waals surface area contributed by atoms with Crippen LogP contribution >= 0.6 is 11.3 Å². The molecule has 0 saturated heterocycles. The molecule has 1 amide bonds. The molecule has 0 aliphatic rings. The Kier molecular flexibility index (Phi) is 5.11. The van der Waals surface area contributed by atoms with Crippen molar-refractivity contribution in [1.82, 2.24) is 4.90 Å². The molecule has 21 heavy (non-hydrogen) atoms. The Bertz CT molecular complexity index is 629. The Balaban J connectivity index is 2.20. The molecule has 0 bridgehead atoms. The smallest absolute Gasteiger partial charge is 0.325 e. The lowest BCUT2D eigenvalue weighted by Gasteiger charge is -2.19. The minimum absolute atomic E-state index is 0.0626. The molecule has 0 saturated carbocycles. The van der Waals surface area contributed by atoms with Crippen molar-refractivity contribution in [2.24, 2.45) is 0 Å². The summed E-state index contributed by atoms with van der Waals surface area (Å²) in [4.78, 5) is 26.2. The van der Waals surface area contributed by atoms with Crippen LogP contribution in [0.1, 0.15) is 16.6 Å². The Labute approximate surface area is 127 Å². The third kappa shape index (κ3) is 3.70. The van der Waals surface area contributed by atoms with E-state index in [1.807, 2.05) is 30.3 Å². The molecule has 0 N–H and O–H groups in total. The van der Waals surface area contributed by atoms with E-state index >= 15 is 0 Å². The van der Waals surface area contributed by atoms with Crippen molar-refractivity contribution in [3.63, 3.8) is 0 Å². The number of thiophene rings is 1. The highest BCUT2D eigenvalue weighted by Crippen LogP contribution is 2.26. The molecule has 0 radical (unpaired) electrons. The summed E-state index contributed by atoms with van der Waals surface area (Å²) in [5.74, 6) is -0.585. The van der Waals surface area contributed by atoms with Gasteiger partial charge in [-0.15, -0.1) is 17.9 Å². The van der Waals surface area contributed by atoms with E-state index in [-0.39, 0.29) is 12.5 Å². The monoisotopic (exact) mass is 303 g/mol. The number of hydrogen-bond acceptors (Lipinski definition) is 4. The van der Waals surface area contributed by atoms with Gasteiger partial charge in [-0.25, -0.2) is 0 Å². The molecule has 0 aliphatic heterocycles. The fourth-order valence-electron chi connectivity index (χ4n) is 1.98. The molecule has 110 valence electrons. The van der Waals surface area contributed by atoms with Crippen molar-refractivity contribution in [2.45, 2.75) is 6.92 Å². The molecule has 1 aromatic carbocycles. The Morgan fingerprint density at radius 3 is 2.81 bits per heavy atom. The van der Waals surface area contributed by atoms with E-state index in [0.717, 1.165) is 10.1 Å². The average Bonchev–Trinajstić information content (AvgIpc) is 2.90. The fourth-order valence-corrected chi connectivity index (χ4v) is 3.01. The summed E-state index contributed by atoms with van der Waals surface area (Å²) in [6.45, 7) is 5.92. The number of esters is 1. The fraction of sp³-hybridized carbons (Fsp3) is 0.250. The minimum atomic E-state index is -0.409. The van der Waals surface area contributed by atoms with E-state index in [1.165, 1.54) is 16.2 Å². The molecule has 1 aromatic heterocycles. The first-order valence-electron chi connectivity index (χ1n) is 6.70. The van der Waals surface area contributed by atoms with Gasteiger partial charge >= 0.3 is 5.97 Å². The predicted molar refractivity (Wildman–Crippen MR) is 84.6 cm³/mol. The van der Waals surface area contributed by atoms with Crippen LogP contribution in [0, 0.1) is 0 Å². The molecule has 0 fully saturated rings. The highest BCUT2D eigenvalue weighted by Gasteiger charge is 2.20. The second-order valence-electron chi connectivity index (χ2n) is 4.43. The average molecular weight is 303 g/mol. The molecular formula is C16H17NO3S. The number of ether oxygens (including phenoxy) is 1. The number of carbonyl (C=O) groups is 2. The number of nitrogens with zero attached hydrogens (tertiary/aromatic N) is 1. The highest BCUT2D eigenvalue weighted by molar-refractivity contribution is 7.20. The van der Waals surface area contributed by atoms with Crippen LogP contribution in [0.25, 0.3) is 10.1 Å². The maximum atomic E-state index is 12.5. The molecular weight excluding hydrogens is 286 g/mol. The maximum absolute atomic E-state index is 12.5. The number of benzene rings is 1. The van der Waals surface area contributed by atoms with Crippen LogP contribution in [0.2, 0.25) is 0 Å². The van der Waals surface area contributed by atoms with Gasteiger partial charge < -0.3 is 9.64 Å². The standard InChI is InChI=1S/C16H17NO3S/c1-3-9-17(11-15(18)20-4-2)16(19)14-10-12-7-5-6-8-13(12)21-14/h3,5-8,10H,1,4,9,11H2,2H3. The van der Waals surface area contributed by atoms with E-state index in [4.69, 9.17) is 4.74 Å². The zero-order valence-corrected chi connectivity index (χ0v) is 12.7. The van der Waals surface area contributed by atoms with Crippen LogP contribution in [0.4, 0.5) is 0 Å². The van der Waals surface area contributed by atoms with Gasteiger partial charge in [-0.3, -0.25) is 9.59 Å². The van der Waals surface area contributed by atoms with Gasteiger partial charge in [-0.1, -0.05) is 24.3 Å². The van der Waals surface area contributed by atoms with Crippen LogP contribution in [0.3, 0.4) is 0 Å². The molecule has 0 atom stereocenters. The van der Waals surface area contributed by atoms with Crippen molar-refractivity contribution >= 4 is 33.3 Å². The summed E-state index contributed by atoms with van der Waals surface area (Å²) in [6, 6.07) is 9.66. The third-order valence-electron chi connectivity index (χ3n) is 2.90. The van der Waals surface area contributed by atoms with Gasteiger partial charge in [0.15, 0.2) is 0 Å². The predicted octanol–water partition coefficient (Wildman–Crippen LogP) is 3.09. The lowest BCUT2D eigenvalue weighted by atomic mass is 10.2. The largest absolute Gasteiger partial charge is 0.465 e. The summed E-state index contributed by atoms with van der Waals surface area (Å²) >= 11 is 1.42. The Hall–Kier alpha value is -2.14. The van der Waals surface area contributed by atoms with Crippen LogP contribution < -0.4 is 0 Å². The van der Waals surface area contributed by atoms with Gasteiger partial charge in [0.2, 0.25) is 0 Å². The van der Waals surface area contributed by atoms with Crippen molar-refractivity contribution in [3.8, 4) is 0 Å². The molecule has 2 aromatic rings. The molecule has 2 rings (SSSR count). The van der Waals surface area contributed by atoms with E-state index in [0.29, 0.717) is 18.0 Å². The number of carbonyl (C=O) groups excluding carboxylic acids is 2. The number of amides is 1. The van der Waals surface area contributed by atoms with E-state index < -0.39 is 5.97 Å². The normalized spacial score (nSPS) is 10.3. The molecule has 0 unspecified atom stereocenters. The first-order valence-corrected chi connectivity index (χ1v) is 7.51. The van der Waals surface area contributed by atoms with Gasteiger partial charge in [-0.05, 0) is 24.4 Å². The van der Waals surface area contributed by atoms with E-state index in [9.17, 15) is 9.59 Å². The summed E-state index contributed by atoms with van der Waals surface area (Å²) < 4.78 is 5.95. The van der Waals surface area contributed by atoms with Crippen molar-refractivity contribution < 1.29 is 14.3 Å². The summed E-state index contributed by atoms with van der Waals surface area (Å²) in [5, 5.41) is 1.03. The van der Waals surface area contributed by atoms with Gasteiger partial charge in [-0.2, -0.15) is 0 Å². The first kappa shape index (κ1) is 15.3.